The summed E-state index contributed by atoms with van der Waals surface area (Å²) in [6.07, 6.45) is 7.80. The molecule has 4 fully saturated rings. The van der Waals surface area contributed by atoms with Crippen molar-refractivity contribution in [2.75, 3.05) is 0 Å². The van der Waals surface area contributed by atoms with E-state index in [0.29, 0.717) is 33.7 Å². The molecule has 4 heteroatoms. The van der Waals surface area contributed by atoms with Gasteiger partial charge in [-0.2, -0.15) is 0 Å². The van der Waals surface area contributed by atoms with Crippen LogP contribution in [-0.4, -0.2) is 26.7 Å². The van der Waals surface area contributed by atoms with Gasteiger partial charge in [-0.25, -0.2) is 0 Å². The number of unbranched alkanes of at least 4 members (excludes halogenated alkanes) is 2. The molecule has 21 heavy (non-hydrogen) atoms. The first kappa shape index (κ1) is 15.2. The minimum absolute atomic E-state index is 0.312. The average Bonchev–Trinajstić information content (AvgIpc) is 3.11. The standard InChI is InChI=1S/C17H27IO3/c1-3-5-7-16(19)12-10-9-11-13(12)17(21-16,8-6-4-2)20-15(11)14(10)18/h10-15,19H,3-9H2,1-2H3/t10-,11+,12-,13+,14-,15-,16-,17-/m0/s1. The van der Waals surface area contributed by atoms with Crippen LogP contribution in [0, 0.1) is 23.7 Å². The monoisotopic (exact) mass is 406 g/mol. The fraction of sp³-hybridized carbons (Fsp3) is 1.00. The van der Waals surface area contributed by atoms with Crippen LogP contribution in [0.15, 0.2) is 0 Å². The molecule has 4 aliphatic rings. The highest BCUT2D eigenvalue weighted by molar-refractivity contribution is 14.1. The summed E-state index contributed by atoms with van der Waals surface area (Å²) in [4.78, 5) is 0. The fourth-order valence-electron chi connectivity index (χ4n) is 5.77. The summed E-state index contributed by atoms with van der Waals surface area (Å²) in [5.74, 6) is 0.599. The zero-order valence-corrected chi connectivity index (χ0v) is 15.2. The Morgan fingerprint density at radius 1 is 1.10 bits per heavy atom. The summed E-state index contributed by atoms with van der Waals surface area (Å²) in [5, 5.41) is 11.3. The van der Waals surface area contributed by atoms with Crippen molar-refractivity contribution >= 4 is 22.6 Å². The average molecular weight is 406 g/mol. The zero-order chi connectivity index (χ0) is 14.8. The van der Waals surface area contributed by atoms with Gasteiger partial charge in [-0.3, -0.25) is 0 Å². The second-order valence-corrected chi connectivity index (χ2v) is 9.05. The molecule has 3 nitrogen and oxygen atoms in total. The number of fused-ring (bicyclic) bond motifs is 2. The van der Waals surface area contributed by atoms with Crippen LogP contribution in [0.2, 0.25) is 0 Å². The van der Waals surface area contributed by atoms with Crippen LogP contribution in [0.3, 0.4) is 0 Å². The molecule has 0 unspecified atom stereocenters. The minimum atomic E-state index is -0.928. The summed E-state index contributed by atoms with van der Waals surface area (Å²) in [7, 11) is 0. The second kappa shape index (κ2) is 5.05. The van der Waals surface area contributed by atoms with Crippen LogP contribution in [-0.2, 0) is 9.47 Å². The Hall–Kier alpha value is 0.610. The molecule has 0 aromatic heterocycles. The molecule has 0 spiro atoms. The quantitative estimate of drug-likeness (QED) is 0.538. The Labute approximate surface area is 141 Å². The molecule has 2 heterocycles. The summed E-state index contributed by atoms with van der Waals surface area (Å²) in [5.41, 5.74) is 0. The highest BCUT2D eigenvalue weighted by Crippen LogP contribution is 2.72. The second-order valence-electron chi connectivity index (χ2n) is 7.61. The van der Waals surface area contributed by atoms with Gasteiger partial charge in [-0.1, -0.05) is 49.3 Å². The van der Waals surface area contributed by atoms with Gasteiger partial charge in [0.2, 0.25) is 0 Å². The van der Waals surface area contributed by atoms with E-state index < -0.39 is 11.6 Å². The van der Waals surface area contributed by atoms with E-state index in [4.69, 9.17) is 9.47 Å². The predicted molar refractivity (Wildman–Crippen MR) is 89.1 cm³/mol. The number of ether oxygens (including phenoxy) is 2. The van der Waals surface area contributed by atoms with Crippen molar-refractivity contribution in [1.29, 1.82) is 0 Å². The van der Waals surface area contributed by atoms with Crippen molar-refractivity contribution in [2.24, 2.45) is 23.7 Å². The normalized spacial score (nSPS) is 56.6. The van der Waals surface area contributed by atoms with Gasteiger partial charge in [0.25, 0.3) is 0 Å². The zero-order valence-electron chi connectivity index (χ0n) is 13.1. The summed E-state index contributed by atoms with van der Waals surface area (Å²) >= 11 is 2.58. The third-order valence-corrected chi connectivity index (χ3v) is 8.11. The van der Waals surface area contributed by atoms with Crippen molar-refractivity contribution < 1.29 is 14.6 Å². The van der Waals surface area contributed by atoms with Crippen LogP contribution in [0.4, 0.5) is 0 Å². The van der Waals surface area contributed by atoms with Gasteiger partial charge in [0.15, 0.2) is 11.6 Å². The van der Waals surface area contributed by atoms with Gasteiger partial charge in [0, 0.05) is 28.6 Å². The number of halogens is 1. The number of aliphatic hydroxyl groups is 1. The van der Waals surface area contributed by atoms with Crippen molar-refractivity contribution in [3.63, 3.8) is 0 Å². The third-order valence-electron chi connectivity index (χ3n) is 6.48. The molecule has 0 radical (unpaired) electrons. The van der Waals surface area contributed by atoms with E-state index in [0.717, 1.165) is 38.5 Å². The molecule has 2 saturated heterocycles. The molecule has 2 aliphatic carbocycles. The van der Waals surface area contributed by atoms with Crippen molar-refractivity contribution in [2.45, 2.75) is 80.4 Å². The molecule has 0 amide bonds. The van der Waals surface area contributed by atoms with Gasteiger partial charge < -0.3 is 14.6 Å². The number of hydrogen-bond donors (Lipinski definition) is 1. The summed E-state index contributed by atoms with van der Waals surface area (Å²) in [6, 6.07) is 0. The molecular formula is C17H27IO3. The molecule has 4 rings (SSSR count). The van der Waals surface area contributed by atoms with Crippen LogP contribution in [0.25, 0.3) is 0 Å². The molecule has 120 valence electrons. The molecule has 2 aliphatic heterocycles. The van der Waals surface area contributed by atoms with E-state index in [9.17, 15) is 5.11 Å². The van der Waals surface area contributed by atoms with Crippen molar-refractivity contribution in [3.8, 4) is 0 Å². The van der Waals surface area contributed by atoms with E-state index >= 15 is 0 Å². The Bertz CT molecular complexity index is 430. The molecule has 0 aromatic rings. The Balaban J connectivity index is 1.68. The number of alkyl halides is 1. The van der Waals surface area contributed by atoms with E-state index in [-0.39, 0.29) is 0 Å². The van der Waals surface area contributed by atoms with Gasteiger partial charge in [-0.05, 0) is 31.1 Å². The van der Waals surface area contributed by atoms with Crippen LogP contribution in [0.1, 0.15) is 58.8 Å². The SMILES string of the molecule is CCCC[C@@]12O[C@@H]3[C@@H](I)[C@H]4C[C@@H]3[C@@H]1[C@H]4[C@](O)(CCCC)O2. The largest absolute Gasteiger partial charge is 0.365 e. The Morgan fingerprint density at radius 3 is 2.52 bits per heavy atom. The maximum atomic E-state index is 11.3. The number of hydrogen-bond acceptors (Lipinski definition) is 3. The van der Waals surface area contributed by atoms with E-state index in [1.54, 1.807) is 0 Å². The van der Waals surface area contributed by atoms with Gasteiger partial charge in [0.1, 0.15) is 0 Å². The lowest BCUT2D eigenvalue weighted by Gasteiger charge is -2.38. The summed E-state index contributed by atoms with van der Waals surface area (Å²) < 4.78 is 13.5. The first-order chi connectivity index (χ1) is 10.1. The third kappa shape index (κ3) is 1.88. The van der Waals surface area contributed by atoms with E-state index in [1.165, 1.54) is 6.42 Å². The van der Waals surface area contributed by atoms with Crippen LogP contribution in [0.5, 0.6) is 0 Å². The highest BCUT2D eigenvalue weighted by atomic mass is 127. The summed E-state index contributed by atoms with van der Waals surface area (Å²) in [6.45, 7) is 4.40. The molecule has 2 saturated carbocycles. The smallest absolute Gasteiger partial charge is 0.175 e. The van der Waals surface area contributed by atoms with E-state index in [1.807, 2.05) is 0 Å². The Kier molecular flexibility index (Phi) is 3.65. The molecule has 0 aromatic carbocycles. The Morgan fingerprint density at radius 2 is 1.81 bits per heavy atom. The first-order valence-corrected chi connectivity index (χ1v) is 10.1. The van der Waals surface area contributed by atoms with Gasteiger partial charge >= 0.3 is 0 Å². The topological polar surface area (TPSA) is 38.7 Å². The minimum Gasteiger partial charge on any atom is -0.365 e. The lowest BCUT2D eigenvalue weighted by atomic mass is 9.73. The lowest BCUT2D eigenvalue weighted by Crippen LogP contribution is -2.46. The molecular weight excluding hydrogens is 379 g/mol. The van der Waals surface area contributed by atoms with Crippen molar-refractivity contribution in [3.05, 3.63) is 0 Å². The lowest BCUT2D eigenvalue weighted by molar-refractivity contribution is -0.325. The maximum Gasteiger partial charge on any atom is 0.175 e. The highest BCUT2D eigenvalue weighted by Gasteiger charge is 2.79. The molecule has 1 N–H and O–H groups in total. The van der Waals surface area contributed by atoms with Gasteiger partial charge in [-0.15, -0.1) is 0 Å². The van der Waals surface area contributed by atoms with Crippen LogP contribution >= 0.6 is 22.6 Å². The van der Waals surface area contributed by atoms with Crippen molar-refractivity contribution in [1.82, 2.24) is 0 Å². The maximum absolute atomic E-state index is 11.3. The molecule has 8 atom stereocenters. The van der Waals surface area contributed by atoms with Gasteiger partial charge in [0.05, 0.1) is 6.10 Å². The van der Waals surface area contributed by atoms with E-state index in [2.05, 4.69) is 36.4 Å². The first-order valence-electron chi connectivity index (χ1n) is 8.81. The fourth-order valence-corrected chi connectivity index (χ4v) is 7.19. The predicted octanol–water partition coefficient (Wildman–Crippen LogP) is 3.87. The van der Waals surface area contributed by atoms with Crippen LogP contribution < -0.4 is 0 Å². The number of rotatable bonds is 6. The molecule has 2 bridgehead atoms.